The molecule has 1 heterocycles. The molecule has 5 heteroatoms. The average Bonchev–Trinajstić information content (AvgIpc) is 2.35. The quantitative estimate of drug-likeness (QED) is 0.411. The molecule has 106 valence electrons. The summed E-state index contributed by atoms with van der Waals surface area (Å²) in [6.07, 6.45) is 2.51. The van der Waals surface area contributed by atoms with Crippen molar-refractivity contribution in [2.24, 2.45) is 11.1 Å². The Morgan fingerprint density at radius 1 is 1.56 bits per heavy atom. The SMILES string of the molecule is CCCCOCC(O)CN1CCC(=NO)C(C)C1. The first-order valence-corrected chi connectivity index (χ1v) is 6.86. The predicted molar refractivity (Wildman–Crippen MR) is 71.2 cm³/mol. The first kappa shape index (κ1) is 15.4. The highest BCUT2D eigenvalue weighted by atomic mass is 16.5. The Morgan fingerprint density at radius 3 is 2.94 bits per heavy atom. The van der Waals surface area contributed by atoms with E-state index >= 15 is 0 Å². The van der Waals surface area contributed by atoms with Crippen LogP contribution in [0.5, 0.6) is 0 Å². The summed E-state index contributed by atoms with van der Waals surface area (Å²) in [5, 5.41) is 22.0. The number of likely N-dealkylation sites (tertiary alicyclic amines) is 1. The normalized spacial score (nSPS) is 25.5. The Balaban J connectivity index is 2.18. The van der Waals surface area contributed by atoms with Gasteiger partial charge in [0.1, 0.15) is 0 Å². The maximum absolute atomic E-state index is 9.86. The third-order valence-corrected chi connectivity index (χ3v) is 3.33. The average molecular weight is 258 g/mol. The molecule has 0 saturated carbocycles. The van der Waals surface area contributed by atoms with E-state index in [2.05, 4.69) is 17.0 Å². The highest BCUT2D eigenvalue weighted by Crippen LogP contribution is 2.14. The standard InChI is InChI=1S/C13H26N2O3/c1-3-4-7-18-10-12(16)9-15-6-5-13(14-17)11(2)8-15/h11-12,16-17H,3-10H2,1-2H3. The van der Waals surface area contributed by atoms with Gasteiger partial charge in [-0.3, -0.25) is 4.90 Å². The summed E-state index contributed by atoms with van der Waals surface area (Å²) in [5.41, 5.74) is 0.861. The Morgan fingerprint density at radius 2 is 2.33 bits per heavy atom. The Kier molecular flexibility index (Phi) is 7.23. The molecule has 1 rings (SSSR count). The number of piperidine rings is 1. The second-order valence-corrected chi connectivity index (χ2v) is 5.08. The number of aliphatic hydroxyl groups excluding tert-OH is 1. The van der Waals surface area contributed by atoms with Crippen molar-refractivity contribution in [3.63, 3.8) is 0 Å². The Labute approximate surface area is 109 Å². The van der Waals surface area contributed by atoms with Crippen molar-refractivity contribution < 1.29 is 15.1 Å². The van der Waals surface area contributed by atoms with E-state index in [9.17, 15) is 5.11 Å². The molecule has 0 aliphatic carbocycles. The van der Waals surface area contributed by atoms with Gasteiger partial charge in [0.15, 0.2) is 0 Å². The van der Waals surface area contributed by atoms with Crippen molar-refractivity contribution in [1.82, 2.24) is 4.90 Å². The molecule has 1 saturated heterocycles. The van der Waals surface area contributed by atoms with Crippen LogP contribution in [0.1, 0.15) is 33.1 Å². The van der Waals surface area contributed by atoms with E-state index in [0.717, 1.165) is 44.7 Å². The van der Waals surface area contributed by atoms with Gasteiger partial charge in [-0.25, -0.2) is 0 Å². The summed E-state index contributed by atoms with van der Waals surface area (Å²) in [6, 6.07) is 0. The molecule has 1 aliphatic heterocycles. The third kappa shape index (κ3) is 5.33. The number of hydrogen-bond donors (Lipinski definition) is 2. The number of hydrogen-bond acceptors (Lipinski definition) is 5. The minimum absolute atomic E-state index is 0.261. The summed E-state index contributed by atoms with van der Waals surface area (Å²) in [7, 11) is 0. The van der Waals surface area contributed by atoms with Gasteiger partial charge in [0.05, 0.1) is 18.4 Å². The Bertz CT molecular complexity index is 259. The van der Waals surface area contributed by atoms with Crippen LogP contribution in [0.15, 0.2) is 5.16 Å². The van der Waals surface area contributed by atoms with E-state index in [1.807, 2.05) is 6.92 Å². The van der Waals surface area contributed by atoms with E-state index < -0.39 is 6.10 Å². The smallest absolute Gasteiger partial charge is 0.0900 e. The molecular weight excluding hydrogens is 232 g/mol. The molecule has 0 spiro atoms. The summed E-state index contributed by atoms with van der Waals surface area (Å²) < 4.78 is 5.41. The van der Waals surface area contributed by atoms with Crippen molar-refractivity contribution in [3.05, 3.63) is 0 Å². The zero-order valence-electron chi connectivity index (χ0n) is 11.5. The lowest BCUT2D eigenvalue weighted by Gasteiger charge is -2.32. The fourth-order valence-electron chi connectivity index (χ4n) is 2.23. The van der Waals surface area contributed by atoms with Crippen LogP contribution in [0.2, 0.25) is 0 Å². The molecular formula is C13H26N2O3. The van der Waals surface area contributed by atoms with Crippen molar-refractivity contribution in [3.8, 4) is 0 Å². The van der Waals surface area contributed by atoms with Gasteiger partial charge < -0.3 is 15.1 Å². The number of β-amino-alcohol motifs (C(OH)–C–C–N with tert-alkyl or cyclic N) is 1. The van der Waals surface area contributed by atoms with E-state index in [1.54, 1.807) is 0 Å². The van der Waals surface area contributed by atoms with Crippen LogP contribution in [0.3, 0.4) is 0 Å². The molecule has 2 N–H and O–H groups in total. The highest BCUT2D eigenvalue weighted by Gasteiger charge is 2.23. The maximum Gasteiger partial charge on any atom is 0.0900 e. The minimum atomic E-state index is -0.429. The van der Waals surface area contributed by atoms with Crippen LogP contribution in [0.25, 0.3) is 0 Å². The second-order valence-electron chi connectivity index (χ2n) is 5.08. The van der Waals surface area contributed by atoms with Gasteiger partial charge in [0.2, 0.25) is 0 Å². The molecule has 0 bridgehead atoms. The van der Waals surface area contributed by atoms with Gasteiger partial charge in [-0.15, -0.1) is 0 Å². The topological polar surface area (TPSA) is 65.3 Å². The highest BCUT2D eigenvalue weighted by molar-refractivity contribution is 5.86. The molecule has 18 heavy (non-hydrogen) atoms. The lowest BCUT2D eigenvalue weighted by atomic mass is 9.97. The fraction of sp³-hybridized carbons (Fsp3) is 0.923. The van der Waals surface area contributed by atoms with Crippen LogP contribution >= 0.6 is 0 Å². The van der Waals surface area contributed by atoms with Crippen molar-refractivity contribution >= 4 is 5.71 Å². The van der Waals surface area contributed by atoms with E-state index in [4.69, 9.17) is 9.94 Å². The molecule has 1 aliphatic rings. The van der Waals surface area contributed by atoms with Crippen molar-refractivity contribution in [2.75, 3.05) is 32.8 Å². The summed E-state index contributed by atoms with van der Waals surface area (Å²) in [4.78, 5) is 2.20. The lowest BCUT2D eigenvalue weighted by molar-refractivity contribution is 0.0138. The van der Waals surface area contributed by atoms with Crippen LogP contribution in [-0.2, 0) is 4.74 Å². The molecule has 0 aromatic carbocycles. The summed E-state index contributed by atoms with van der Waals surface area (Å²) in [5.74, 6) is 0.261. The van der Waals surface area contributed by atoms with Crippen LogP contribution in [0.4, 0.5) is 0 Å². The van der Waals surface area contributed by atoms with Gasteiger partial charge in [0, 0.05) is 38.6 Å². The molecule has 0 radical (unpaired) electrons. The molecule has 1 fully saturated rings. The third-order valence-electron chi connectivity index (χ3n) is 3.33. The summed E-state index contributed by atoms with van der Waals surface area (Å²) in [6.45, 7) is 7.62. The lowest BCUT2D eigenvalue weighted by Crippen LogP contribution is -2.44. The second kappa shape index (κ2) is 8.45. The van der Waals surface area contributed by atoms with Crippen LogP contribution < -0.4 is 0 Å². The van der Waals surface area contributed by atoms with Crippen LogP contribution in [-0.4, -0.2) is 59.9 Å². The van der Waals surface area contributed by atoms with E-state index in [1.165, 1.54) is 0 Å². The first-order valence-electron chi connectivity index (χ1n) is 6.86. The number of unbranched alkanes of at least 4 members (excludes halogenated alkanes) is 1. The van der Waals surface area contributed by atoms with E-state index in [-0.39, 0.29) is 5.92 Å². The molecule has 0 aromatic rings. The van der Waals surface area contributed by atoms with Crippen molar-refractivity contribution in [2.45, 2.75) is 39.2 Å². The number of ether oxygens (including phenoxy) is 1. The van der Waals surface area contributed by atoms with Gasteiger partial charge in [-0.05, 0) is 6.42 Å². The number of aliphatic hydroxyl groups is 1. The maximum atomic E-state index is 9.86. The fourth-order valence-corrected chi connectivity index (χ4v) is 2.23. The van der Waals surface area contributed by atoms with Crippen molar-refractivity contribution in [1.29, 1.82) is 0 Å². The van der Waals surface area contributed by atoms with Gasteiger partial charge in [-0.1, -0.05) is 25.4 Å². The molecule has 2 unspecified atom stereocenters. The largest absolute Gasteiger partial charge is 0.411 e. The van der Waals surface area contributed by atoms with E-state index in [0.29, 0.717) is 13.2 Å². The Hall–Kier alpha value is -0.650. The number of nitrogens with zero attached hydrogens (tertiary/aromatic N) is 2. The minimum Gasteiger partial charge on any atom is -0.411 e. The predicted octanol–water partition coefficient (Wildman–Crippen LogP) is 1.34. The zero-order chi connectivity index (χ0) is 13.4. The zero-order valence-corrected chi connectivity index (χ0v) is 11.5. The molecule has 5 nitrogen and oxygen atoms in total. The monoisotopic (exact) mass is 258 g/mol. The number of oxime groups is 1. The number of rotatable bonds is 7. The molecule has 2 atom stereocenters. The molecule has 0 aromatic heterocycles. The summed E-state index contributed by atoms with van der Waals surface area (Å²) >= 11 is 0. The van der Waals surface area contributed by atoms with Gasteiger partial charge >= 0.3 is 0 Å². The van der Waals surface area contributed by atoms with Gasteiger partial charge in [-0.2, -0.15) is 0 Å². The first-order chi connectivity index (χ1) is 8.67. The molecule has 0 amide bonds. The van der Waals surface area contributed by atoms with Gasteiger partial charge in [0.25, 0.3) is 0 Å². The van der Waals surface area contributed by atoms with Crippen LogP contribution in [0, 0.1) is 5.92 Å².